The molecule has 0 radical (unpaired) electrons. The standard InChI is InChI=1S/C45H58O11/c1-9-26(2)40-29(5)19-20-44(56-40)24-34-23-33(55-44)16-13-28(4)39(47)27(3)11-10-12-32-25-52-42-41(30(6)21-35(43(48)53-34)45(32,42)49)54-38(46)18-15-31-14-17-36(50-7)37(22-31)51-8/h10-15,17-22,26-27,29,33-35,39-42,47,49H,9,16,23-25H2,1-8H3/b11-10+,18-15+,28-13+,32-12+/t26-,27-,29-,33?,34?,35?,39-,40?,41+,42?,44+,45+/m0/s1. The zero-order valence-electron chi connectivity index (χ0n) is 33.8. The van der Waals surface area contributed by atoms with Crippen LogP contribution in [0.1, 0.15) is 72.8 Å². The smallest absolute Gasteiger partial charge is 0.331 e. The number of aliphatic hydroxyl groups is 2. The van der Waals surface area contributed by atoms with E-state index in [-0.39, 0.29) is 43.0 Å². The second-order valence-electron chi connectivity index (χ2n) is 16.1. The van der Waals surface area contributed by atoms with Gasteiger partial charge in [0.15, 0.2) is 23.4 Å². The third-order valence-electron chi connectivity index (χ3n) is 12.1. The molecule has 0 saturated carbocycles. The van der Waals surface area contributed by atoms with Crippen LogP contribution in [0.4, 0.5) is 0 Å². The number of fused-ring (bicyclic) bond motifs is 2. The molecule has 1 aromatic carbocycles. The molecule has 304 valence electrons. The highest BCUT2D eigenvalue weighted by molar-refractivity contribution is 5.87. The van der Waals surface area contributed by atoms with E-state index in [2.05, 4.69) is 26.8 Å². The van der Waals surface area contributed by atoms with Gasteiger partial charge in [-0.2, -0.15) is 0 Å². The van der Waals surface area contributed by atoms with Crippen molar-refractivity contribution in [3.05, 3.63) is 89.1 Å². The molecule has 2 fully saturated rings. The zero-order chi connectivity index (χ0) is 40.4. The van der Waals surface area contributed by atoms with Crippen LogP contribution in [0.3, 0.4) is 0 Å². The molecule has 56 heavy (non-hydrogen) atoms. The van der Waals surface area contributed by atoms with Crippen molar-refractivity contribution in [1.29, 1.82) is 0 Å². The quantitative estimate of drug-likeness (QED) is 0.176. The van der Waals surface area contributed by atoms with Crippen LogP contribution in [0.5, 0.6) is 11.5 Å². The van der Waals surface area contributed by atoms with Gasteiger partial charge in [0.2, 0.25) is 0 Å². The Morgan fingerprint density at radius 2 is 1.82 bits per heavy atom. The number of esters is 2. The molecule has 6 rings (SSSR count). The Labute approximate surface area is 330 Å². The third-order valence-corrected chi connectivity index (χ3v) is 12.1. The molecular formula is C45H58O11. The van der Waals surface area contributed by atoms with Gasteiger partial charge in [0, 0.05) is 30.8 Å². The Hall–Kier alpha value is -4.00. The minimum absolute atomic E-state index is 0.0158. The summed E-state index contributed by atoms with van der Waals surface area (Å²) < 4.78 is 42.8. The average Bonchev–Trinajstić information content (AvgIpc) is 3.52. The molecule has 5 aliphatic rings. The van der Waals surface area contributed by atoms with Crippen LogP contribution < -0.4 is 9.47 Å². The number of methoxy groups -OCH3 is 2. The number of allylic oxidation sites excluding steroid dienone is 2. The Balaban J connectivity index is 1.33. The predicted molar refractivity (Wildman–Crippen MR) is 211 cm³/mol. The molecule has 0 amide bonds. The molecule has 1 aromatic rings. The van der Waals surface area contributed by atoms with Crippen molar-refractivity contribution in [1.82, 2.24) is 0 Å². The first-order valence-corrected chi connectivity index (χ1v) is 19.8. The molecule has 2 N–H and O–H groups in total. The molecule has 4 aliphatic heterocycles. The number of ether oxygens (including phenoxy) is 7. The second-order valence-corrected chi connectivity index (χ2v) is 16.1. The summed E-state index contributed by atoms with van der Waals surface area (Å²) in [7, 11) is 3.08. The van der Waals surface area contributed by atoms with Gasteiger partial charge in [0.05, 0.1) is 39.1 Å². The Morgan fingerprint density at radius 3 is 2.55 bits per heavy atom. The van der Waals surface area contributed by atoms with Gasteiger partial charge in [-0.25, -0.2) is 4.79 Å². The summed E-state index contributed by atoms with van der Waals surface area (Å²) >= 11 is 0. The largest absolute Gasteiger partial charge is 0.493 e. The van der Waals surface area contributed by atoms with E-state index >= 15 is 0 Å². The van der Waals surface area contributed by atoms with E-state index in [1.165, 1.54) is 13.2 Å². The summed E-state index contributed by atoms with van der Waals surface area (Å²) in [6, 6.07) is 5.25. The van der Waals surface area contributed by atoms with Gasteiger partial charge >= 0.3 is 11.9 Å². The van der Waals surface area contributed by atoms with E-state index in [0.29, 0.717) is 41.1 Å². The Bertz CT molecular complexity index is 1810. The normalized spacial score (nSPS) is 39.0. The number of rotatable bonds is 7. The van der Waals surface area contributed by atoms with Crippen molar-refractivity contribution in [2.24, 2.45) is 23.7 Å². The topological polar surface area (TPSA) is 139 Å². The Kier molecular flexibility index (Phi) is 12.8. The van der Waals surface area contributed by atoms with Crippen molar-refractivity contribution in [2.45, 2.75) is 115 Å². The van der Waals surface area contributed by atoms with Gasteiger partial charge in [-0.15, -0.1) is 0 Å². The highest BCUT2D eigenvalue weighted by Gasteiger charge is 2.61. The van der Waals surface area contributed by atoms with Gasteiger partial charge in [-0.3, -0.25) is 4.79 Å². The lowest BCUT2D eigenvalue weighted by Gasteiger charge is -2.48. The average molecular weight is 775 g/mol. The first-order valence-electron chi connectivity index (χ1n) is 19.8. The van der Waals surface area contributed by atoms with E-state index < -0.39 is 53.7 Å². The van der Waals surface area contributed by atoms with Crippen molar-refractivity contribution >= 4 is 18.0 Å². The van der Waals surface area contributed by atoms with Crippen LogP contribution in [0.15, 0.2) is 83.5 Å². The van der Waals surface area contributed by atoms with E-state index in [9.17, 15) is 19.8 Å². The molecule has 1 spiro atoms. The fourth-order valence-corrected chi connectivity index (χ4v) is 8.58. The number of carbonyl (C=O) groups excluding carboxylic acids is 2. The molecule has 11 nitrogen and oxygen atoms in total. The van der Waals surface area contributed by atoms with Crippen LogP contribution in [0, 0.1) is 23.7 Å². The lowest BCUT2D eigenvalue weighted by molar-refractivity contribution is -0.300. The van der Waals surface area contributed by atoms with Gasteiger partial charge < -0.3 is 43.4 Å². The summed E-state index contributed by atoms with van der Waals surface area (Å²) in [5.74, 6) is -2.31. The molecule has 5 unspecified atom stereocenters. The van der Waals surface area contributed by atoms with Crippen molar-refractivity contribution < 1.29 is 53.0 Å². The number of hydrogen-bond acceptors (Lipinski definition) is 11. The fourth-order valence-electron chi connectivity index (χ4n) is 8.58. The molecule has 4 heterocycles. The van der Waals surface area contributed by atoms with Crippen molar-refractivity contribution in [3.8, 4) is 11.5 Å². The molecule has 0 aromatic heterocycles. The zero-order valence-corrected chi connectivity index (χ0v) is 33.8. The highest BCUT2D eigenvalue weighted by atomic mass is 16.7. The lowest BCUT2D eigenvalue weighted by atomic mass is 9.70. The summed E-state index contributed by atoms with van der Waals surface area (Å²) in [5.41, 5.74) is 0.546. The summed E-state index contributed by atoms with van der Waals surface area (Å²) in [4.78, 5) is 27.8. The summed E-state index contributed by atoms with van der Waals surface area (Å²) in [6.07, 6.45) is 14.1. The van der Waals surface area contributed by atoms with Gasteiger partial charge in [-0.1, -0.05) is 76.6 Å². The maximum Gasteiger partial charge on any atom is 0.331 e. The Morgan fingerprint density at radius 1 is 1.05 bits per heavy atom. The number of benzene rings is 1. The maximum absolute atomic E-state index is 14.5. The summed E-state index contributed by atoms with van der Waals surface area (Å²) in [6.45, 7) is 12.0. The predicted octanol–water partition coefficient (Wildman–Crippen LogP) is 6.59. The monoisotopic (exact) mass is 774 g/mol. The number of aliphatic hydroxyl groups excluding tert-OH is 1. The number of carbonyl (C=O) groups is 2. The van der Waals surface area contributed by atoms with Crippen LogP contribution in [-0.4, -0.2) is 91.0 Å². The van der Waals surface area contributed by atoms with E-state index in [0.717, 1.165) is 12.0 Å². The van der Waals surface area contributed by atoms with Crippen molar-refractivity contribution in [2.75, 3.05) is 20.8 Å². The lowest BCUT2D eigenvalue weighted by Crippen LogP contribution is -2.59. The third kappa shape index (κ3) is 8.48. The van der Waals surface area contributed by atoms with E-state index in [1.807, 2.05) is 32.1 Å². The molecule has 12 atom stereocenters. The second kappa shape index (κ2) is 17.2. The van der Waals surface area contributed by atoms with Gasteiger partial charge in [0.25, 0.3) is 0 Å². The molecule has 2 saturated heterocycles. The molecule has 11 heteroatoms. The molecular weight excluding hydrogens is 716 g/mol. The molecule has 1 aliphatic carbocycles. The van der Waals surface area contributed by atoms with Crippen LogP contribution in [0.2, 0.25) is 0 Å². The van der Waals surface area contributed by atoms with Gasteiger partial charge in [0.1, 0.15) is 23.7 Å². The fraction of sp³-hybridized carbons (Fsp3) is 0.556. The van der Waals surface area contributed by atoms with E-state index in [4.69, 9.17) is 33.2 Å². The first kappa shape index (κ1) is 41.6. The van der Waals surface area contributed by atoms with Gasteiger partial charge in [-0.05, 0) is 72.8 Å². The maximum atomic E-state index is 14.5. The van der Waals surface area contributed by atoms with Crippen LogP contribution in [0.25, 0.3) is 6.08 Å². The molecule has 2 bridgehead atoms. The highest BCUT2D eigenvalue weighted by Crippen LogP contribution is 2.48. The SMILES string of the molecule is CC[C@H](C)C1O[C@]2(C=C[C@@H]1C)CC1CC(C/C=C(\C)[C@@H](O)[C@@H](C)/C=C/C=C3\COC4[C@H](OC(=O)/C=C/c5ccc(OC)c(OC)c5)C(C)=CC(C(=O)O1)[C@]34O)O2. The van der Waals surface area contributed by atoms with Crippen molar-refractivity contribution in [3.63, 3.8) is 0 Å². The minimum atomic E-state index is -1.91. The van der Waals surface area contributed by atoms with Crippen LogP contribution in [-0.2, 0) is 33.3 Å². The van der Waals surface area contributed by atoms with E-state index in [1.54, 1.807) is 56.5 Å². The summed E-state index contributed by atoms with van der Waals surface area (Å²) in [5, 5.41) is 24.0. The first-order chi connectivity index (χ1) is 26.7. The number of hydrogen-bond donors (Lipinski definition) is 2. The van der Waals surface area contributed by atoms with Crippen LogP contribution >= 0.6 is 0 Å². The minimum Gasteiger partial charge on any atom is -0.493 e.